The highest BCUT2D eigenvalue weighted by molar-refractivity contribution is 5.78. The Kier molecular flexibility index (Phi) is 5.57. The van der Waals surface area contributed by atoms with E-state index in [-0.39, 0.29) is 31.3 Å². The Morgan fingerprint density at radius 3 is 2.26 bits per heavy atom. The van der Waals surface area contributed by atoms with E-state index < -0.39 is 53.4 Å². The zero-order valence-corrected chi connectivity index (χ0v) is 17.7. The van der Waals surface area contributed by atoms with E-state index in [1.165, 1.54) is 4.90 Å². The lowest BCUT2D eigenvalue weighted by Crippen LogP contribution is -2.48. The van der Waals surface area contributed by atoms with Gasteiger partial charge in [-0.1, -0.05) is 24.3 Å². The largest absolute Gasteiger partial charge is 0.477 e. The molecule has 2 amide bonds. The number of nitrogens with zero attached hydrogens (tertiary/aromatic N) is 2. The zero-order chi connectivity index (χ0) is 24.1. The maximum Gasteiger partial charge on any atom is 0.411 e. The number of rotatable bonds is 4. The van der Waals surface area contributed by atoms with E-state index in [1.807, 2.05) is 24.3 Å². The molecule has 2 atom stereocenters. The van der Waals surface area contributed by atoms with Crippen LogP contribution in [0.15, 0.2) is 24.3 Å². The third-order valence-corrected chi connectivity index (χ3v) is 6.63. The first-order chi connectivity index (χ1) is 16.3. The number of ether oxygens (including phenoxy) is 2. The van der Waals surface area contributed by atoms with Crippen LogP contribution in [0.25, 0.3) is 0 Å². The van der Waals surface area contributed by atoms with Gasteiger partial charge in [0.1, 0.15) is 6.10 Å². The predicted octanol–water partition coefficient (Wildman–Crippen LogP) is 3.87. The van der Waals surface area contributed by atoms with Crippen molar-refractivity contribution in [3.63, 3.8) is 0 Å². The predicted molar refractivity (Wildman–Crippen MR) is 106 cm³/mol. The molecular formula is C23H19F5N2O4. The first-order valence-electron chi connectivity index (χ1n) is 10.8. The van der Waals surface area contributed by atoms with Crippen LogP contribution < -0.4 is 4.74 Å². The van der Waals surface area contributed by atoms with Crippen LogP contribution >= 0.6 is 0 Å². The Morgan fingerprint density at radius 1 is 0.971 bits per heavy atom. The third-order valence-electron chi connectivity index (χ3n) is 6.63. The molecule has 180 valence electrons. The molecule has 2 fully saturated rings. The molecule has 0 N–H and O–H groups in total. The van der Waals surface area contributed by atoms with Gasteiger partial charge in [0.15, 0.2) is 12.4 Å². The number of carbonyl (C=O) groups is 2. The topological polar surface area (TPSA) is 59.1 Å². The molecule has 0 radical (unpaired) electrons. The second-order valence-electron chi connectivity index (χ2n) is 8.48. The van der Waals surface area contributed by atoms with Gasteiger partial charge in [0, 0.05) is 25.6 Å². The lowest BCUT2D eigenvalue weighted by atomic mass is 9.99. The lowest BCUT2D eigenvalue weighted by molar-refractivity contribution is -0.134. The van der Waals surface area contributed by atoms with E-state index in [9.17, 15) is 31.5 Å². The molecule has 2 heterocycles. The summed E-state index contributed by atoms with van der Waals surface area (Å²) in [5.74, 6) is -13.0. The maximum absolute atomic E-state index is 13.7. The van der Waals surface area contributed by atoms with Gasteiger partial charge in [0.2, 0.25) is 29.1 Å². The summed E-state index contributed by atoms with van der Waals surface area (Å²) in [7, 11) is 0. The summed E-state index contributed by atoms with van der Waals surface area (Å²) in [5.41, 5.74) is 2.18. The van der Waals surface area contributed by atoms with E-state index >= 15 is 0 Å². The molecule has 6 nitrogen and oxygen atoms in total. The minimum atomic E-state index is -2.30. The average Bonchev–Trinajstić information content (AvgIpc) is 3.35. The molecule has 2 aromatic rings. The third kappa shape index (κ3) is 3.54. The number of benzene rings is 2. The highest BCUT2D eigenvalue weighted by atomic mass is 19.2. The number of hydrogen-bond acceptors (Lipinski definition) is 4. The van der Waals surface area contributed by atoms with Crippen molar-refractivity contribution in [2.75, 3.05) is 19.7 Å². The molecule has 0 spiro atoms. The first-order valence-corrected chi connectivity index (χ1v) is 10.8. The number of amides is 2. The van der Waals surface area contributed by atoms with Crippen LogP contribution in [-0.2, 0) is 16.0 Å². The van der Waals surface area contributed by atoms with E-state index in [1.54, 1.807) is 4.90 Å². The number of piperidine rings is 1. The zero-order valence-electron chi connectivity index (χ0n) is 17.7. The Labute approximate surface area is 190 Å². The lowest BCUT2D eigenvalue weighted by Gasteiger charge is -2.37. The van der Waals surface area contributed by atoms with Crippen molar-refractivity contribution >= 4 is 12.0 Å². The molecule has 0 aromatic heterocycles. The number of likely N-dealkylation sites (tertiary alicyclic amines) is 1. The summed E-state index contributed by atoms with van der Waals surface area (Å²) in [6, 6.07) is 7.47. The minimum absolute atomic E-state index is 0.172. The summed E-state index contributed by atoms with van der Waals surface area (Å²) in [6.45, 7) is -0.438. The molecule has 2 aromatic carbocycles. The van der Waals surface area contributed by atoms with Crippen molar-refractivity contribution in [1.82, 2.24) is 9.80 Å². The second-order valence-corrected chi connectivity index (χ2v) is 8.48. The van der Waals surface area contributed by atoms with Gasteiger partial charge in [-0.2, -0.15) is 8.78 Å². The molecule has 5 rings (SSSR count). The van der Waals surface area contributed by atoms with Crippen molar-refractivity contribution in [2.24, 2.45) is 0 Å². The van der Waals surface area contributed by atoms with Crippen LogP contribution in [0, 0.1) is 29.1 Å². The van der Waals surface area contributed by atoms with Crippen LogP contribution in [0.1, 0.15) is 30.0 Å². The van der Waals surface area contributed by atoms with Crippen molar-refractivity contribution in [2.45, 2.75) is 37.5 Å². The fourth-order valence-electron chi connectivity index (χ4n) is 4.98. The fraction of sp³-hybridized carbons (Fsp3) is 0.391. The number of halogens is 5. The average molecular weight is 482 g/mol. The van der Waals surface area contributed by atoms with Crippen LogP contribution in [0.4, 0.5) is 26.7 Å². The SMILES string of the molecule is O=C(COc1c(F)c(F)c(F)c(F)c1F)N1CCC(N2C(=O)O[C@H]3Cc4ccccc4[C@H]32)CC1. The molecule has 2 saturated heterocycles. The van der Waals surface area contributed by atoms with Gasteiger partial charge in [-0.15, -0.1) is 0 Å². The van der Waals surface area contributed by atoms with E-state index in [4.69, 9.17) is 4.74 Å². The molecule has 2 aliphatic heterocycles. The summed E-state index contributed by atoms with van der Waals surface area (Å²) in [4.78, 5) is 28.1. The Hall–Kier alpha value is -3.37. The highest BCUT2D eigenvalue weighted by Crippen LogP contribution is 2.44. The molecule has 0 unspecified atom stereocenters. The monoisotopic (exact) mass is 482 g/mol. The number of fused-ring (bicyclic) bond motifs is 3. The van der Waals surface area contributed by atoms with Crippen LogP contribution in [0.2, 0.25) is 0 Å². The van der Waals surface area contributed by atoms with Crippen molar-refractivity contribution in [3.05, 3.63) is 64.5 Å². The standard InChI is InChI=1S/C23H19F5N2O4/c24-16-17(25)19(27)22(20(28)18(16)26)33-10-15(31)29-7-5-12(6-8-29)30-21-13-4-2-1-3-11(13)9-14(21)34-23(30)32/h1-4,12,14,21H,5-10H2/t14-,21+/m0/s1. The second kappa shape index (κ2) is 8.44. The van der Waals surface area contributed by atoms with Crippen LogP contribution in [0.5, 0.6) is 5.75 Å². The van der Waals surface area contributed by atoms with Gasteiger partial charge < -0.3 is 14.4 Å². The van der Waals surface area contributed by atoms with Gasteiger partial charge in [-0.3, -0.25) is 9.69 Å². The first kappa shape index (κ1) is 22.4. The van der Waals surface area contributed by atoms with E-state index in [0.717, 1.165) is 11.1 Å². The highest BCUT2D eigenvalue weighted by Gasteiger charge is 2.50. The maximum atomic E-state index is 13.7. The van der Waals surface area contributed by atoms with E-state index in [2.05, 4.69) is 4.74 Å². The Balaban J connectivity index is 1.22. The fourth-order valence-corrected chi connectivity index (χ4v) is 4.98. The van der Waals surface area contributed by atoms with Gasteiger partial charge >= 0.3 is 6.09 Å². The molecule has 0 saturated carbocycles. The van der Waals surface area contributed by atoms with Gasteiger partial charge in [0.05, 0.1) is 6.04 Å². The summed E-state index contributed by atoms with van der Waals surface area (Å²) in [6.07, 6.45) is 0.877. The van der Waals surface area contributed by atoms with Crippen molar-refractivity contribution in [3.8, 4) is 5.75 Å². The van der Waals surface area contributed by atoms with Crippen molar-refractivity contribution in [1.29, 1.82) is 0 Å². The Bertz CT molecular complexity index is 1140. The van der Waals surface area contributed by atoms with Gasteiger partial charge in [0.25, 0.3) is 5.91 Å². The normalized spacial score (nSPS) is 22.0. The number of hydrogen-bond donors (Lipinski definition) is 0. The molecule has 1 aliphatic carbocycles. The quantitative estimate of drug-likeness (QED) is 0.377. The molecule has 11 heteroatoms. The minimum Gasteiger partial charge on any atom is -0.477 e. The summed E-state index contributed by atoms with van der Waals surface area (Å²) in [5, 5.41) is 0. The van der Waals surface area contributed by atoms with Crippen molar-refractivity contribution < 1.29 is 41.0 Å². The molecule has 34 heavy (non-hydrogen) atoms. The van der Waals surface area contributed by atoms with Crippen LogP contribution in [0.3, 0.4) is 0 Å². The molecule has 3 aliphatic rings. The molecular weight excluding hydrogens is 463 g/mol. The summed E-state index contributed by atoms with van der Waals surface area (Å²) < 4.78 is 77.5. The Morgan fingerprint density at radius 2 is 1.59 bits per heavy atom. The van der Waals surface area contributed by atoms with Gasteiger partial charge in [-0.25, -0.2) is 18.0 Å². The van der Waals surface area contributed by atoms with Gasteiger partial charge in [-0.05, 0) is 24.0 Å². The van der Waals surface area contributed by atoms with Crippen LogP contribution in [-0.4, -0.2) is 53.6 Å². The molecule has 0 bridgehead atoms. The van der Waals surface area contributed by atoms with E-state index in [0.29, 0.717) is 19.3 Å². The smallest absolute Gasteiger partial charge is 0.411 e. The summed E-state index contributed by atoms with van der Waals surface area (Å²) >= 11 is 0. The number of carbonyl (C=O) groups excluding carboxylic acids is 2.